The van der Waals surface area contributed by atoms with Crippen molar-refractivity contribution in [3.05, 3.63) is 34.3 Å². The molecule has 1 amide bonds. The van der Waals surface area contributed by atoms with Crippen molar-refractivity contribution >= 4 is 22.0 Å². The average Bonchev–Trinajstić information content (AvgIpc) is 2.19. The van der Waals surface area contributed by atoms with E-state index in [4.69, 9.17) is 15.6 Å². The van der Waals surface area contributed by atoms with E-state index in [0.717, 1.165) is 10.0 Å². The molecule has 0 heterocycles. The van der Waals surface area contributed by atoms with E-state index in [-0.39, 0.29) is 6.61 Å². The highest BCUT2D eigenvalue weighted by molar-refractivity contribution is 9.10. The molecule has 0 saturated heterocycles. The summed E-state index contributed by atoms with van der Waals surface area (Å²) in [7, 11) is 0. The summed E-state index contributed by atoms with van der Waals surface area (Å²) in [5, 5.41) is 8.98. The molecule has 0 bridgehead atoms. The maximum Gasteiger partial charge on any atom is 0.404 e. The third-order valence-corrected chi connectivity index (χ3v) is 2.67. The third kappa shape index (κ3) is 3.89. The number of aliphatic hydroxyl groups excluding tert-OH is 1. The minimum atomic E-state index is -0.874. The van der Waals surface area contributed by atoms with E-state index in [1.807, 2.05) is 24.3 Å². The van der Waals surface area contributed by atoms with Gasteiger partial charge < -0.3 is 15.6 Å². The van der Waals surface area contributed by atoms with Crippen molar-refractivity contribution in [1.29, 1.82) is 0 Å². The first-order chi connectivity index (χ1) is 7.13. The zero-order chi connectivity index (χ0) is 11.3. The van der Waals surface area contributed by atoms with E-state index in [1.165, 1.54) is 0 Å². The predicted octanol–water partition coefficient (Wildman–Crippen LogP) is 1.45. The van der Waals surface area contributed by atoms with E-state index in [1.54, 1.807) is 0 Å². The van der Waals surface area contributed by atoms with Crippen LogP contribution in [-0.2, 0) is 11.2 Å². The molecule has 15 heavy (non-hydrogen) atoms. The number of carbonyl (C=O) groups excluding carboxylic acids is 1. The van der Waals surface area contributed by atoms with Crippen LogP contribution in [0.5, 0.6) is 0 Å². The standard InChI is InChI=1S/C10H12BrNO3/c11-9-4-2-1-3-7(9)5-8(6-13)15-10(12)14/h1-4,8,13H,5-6H2,(H2,12,14)/t8-/m1/s1. The molecule has 3 N–H and O–H groups in total. The van der Waals surface area contributed by atoms with Crippen LogP contribution in [0.1, 0.15) is 5.56 Å². The molecule has 1 rings (SSSR count). The Balaban J connectivity index is 2.66. The Morgan fingerprint density at radius 1 is 1.53 bits per heavy atom. The number of hydrogen-bond acceptors (Lipinski definition) is 3. The topological polar surface area (TPSA) is 72.6 Å². The summed E-state index contributed by atoms with van der Waals surface area (Å²) in [6.45, 7) is -0.246. The Morgan fingerprint density at radius 2 is 2.20 bits per heavy atom. The zero-order valence-corrected chi connectivity index (χ0v) is 9.61. The van der Waals surface area contributed by atoms with Gasteiger partial charge in [0.1, 0.15) is 6.10 Å². The van der Waals surface area contributed by atoms with Crippen molar-refractivity contribution in [2.45, 2.75) is 12.5 Å². The molecular formula is C10H12BrNO3. The van der Waals surface area contributed by atoms with Gasteiger partial charge in [0.25, 0.3) is 0 Å². The van der Waals surface area contributed by atoms with Gasteiger partial charge >= 0.3 is 6.09 Å². The number of rotatable bonds is 4. The largest absolute Gasteiger partial charge is 0.444 e. The van der Waals surface area contributed by atoms with E-state index < -0.39 is 12.2 Å². The molecule has 0 aromatic heterocycles. The summed E-state index contributed by atoms with van der Waals surface area (Å²) in [5.74, 6) is 0. The molecule has 5 heteroatoms. The molecule has 0 aliphatic rings. The first-order valence-electron chi connectivity index (χ1n) is 4.44. The van der Waals surface area contributed by atoms with Crippen molar-refractivity contribution in [3.8, 4) is 0 Å². The smallest absolute Gasteiger partial charge is 0.404 e. The van der Waals surface area contributed by atoms with Crippen LogP contribution in [0.3, 0.4) is 0 Å². The van der Waals surface area contributed by atoms with Gasteiger partial charge in [0.15, 0.2) is 0 Å². The van der Waals surface area contributed by atoms with Crippen LogP contribution in [0.25, 0.3) is 0 Å². The number of halogens is 1. The van der Waals surface area contributed by atoms with Gasteiger partial charge in [-0.05, 0) is 11.6 Å². The zero-order valence-electron chi connectivity index (χ0n) is 8.02. The fourth-order valence-electron chi connectivity index (χ4n) is 1.22. The molecule has 0 unspecified atom stereocenters. The van der Waals surface area contributed by atoms with Crippen LogP contribution < -0.4 is 5.73 Å². The van der Waals surface area contributed by atoms with E-state index >= 15 is 0 Å². The minimum absolute atomic E-state index is 0.246. The number of ether oxygens (including phenoxy) is 1. The Labute approximate surface area is 96.2 Å². The van der Waals surface area contributed by atoms with Gasteiger partial charge in [0.05, 0.1) is 6.61 Å². The maximum atomic E-state index is 10.5. The highest BCUT2D eigenvalue weighted by Crippen LogP contribution is 2.18. The van der Waals surface area contributed by atoms with E-state index in [2.05, 4.69) is 15.9 Å². The summed E-state index contributed by atoms with van der Waals surface area (Å²) < 4.78 is 5.64. The SMILES string of the molecule is NC(=O)O[C@@H](CO)Cc1ccccc1Br. The Bertz CT molecular complexity index is 343. The number of primary amides is 1. The molecule has 0 spiro atoms. The number of amides is 1. The van der Waals surface area contributed by atoms with Crippen molar-refractivity contribution < 1.29 is 14.6 Å². The van der Waals surface area contributed by atoms with Gasteiger partial charge in [-0.1, -0.05) is 34.1 Å². The van der Waals surface area contributed by atoms with Crippen LogP contribution in [-0.4, -0.2) is 23.9 Å². The molecule has 4 nitrogen and oxygen atoms in total. The maximum absolute atomic E-state index is 10.5. The second-order valence-corrected chi connectivity index (χ2v) is 3.89. The lowest BCUT2D eigenvalue weighted by atomic mass is 10.1. The fourth-order valence-corrected chi connectivity index (χ4v) is 1.66. The summed E-state index contributed by atoms with van der Waals surface area (Å²) in [6.07, 6.45) is -1.04. The van der Waals surface area contributed by atoms with Gasteiger partial charge in [-0.3, -0.25) is 0 Å². The predicted molar refractivity (Wildman–Crippen MR) is 59.4 cm³/mol. The number of hydrogen-bond donors (Lipinski definition) is 2. The third-order valence-electron chi connectivity index (χ3n) is 1.89. The second-order valence-electron chi connectivity index (χ2n) is 3.04. The van der Waals surface area contributed by atoms with Crippen LogP contribution >= 0.6 is 15.9 Å². The Kier molecular flexibility index (Phi) is 4.58. The summed E-state index contributed by atoms with van der Waals surface area (Å²) in [6, 6.07) is 7.53. The molecule has 0 radical (unpaired) electrons. The van der Waals surface area contributed by atoms with Crippen molar-refractivity contribution in [3.63, 3.8) is 0 Å². The van der Waals surface area contributed by atoms with Gasteiger partial charge in [-0.25, -0.2) is 4.79 Å². The normalized spacial score (nSPS) is 12.1. The summed E-state index contributed by atoms with van der Waals surface area (Å²) in [4.78, 5) is 10.5. The fraction of sp³-hybridized carbons (Fsp3) is 0.300. The highest BCUT2D eigenvalue weighted by atomic mass is 79.9. The molecular weight excluding hydrogens is 262 g/mol. The molecule has 0 fully saturated rings. The number of nitrogens with two attached hydrogens (primary N) is 1. The van der Waals surface area contributed by atoms with Gasteiger partial charge in [-0.2, -0.15) is 0 Å². The average molecular weight is 274 g/mol. The molecule has 1 aromatic carbocycles. The van der Waals surface area contributed by atoms with Crippen molar-refractivity contribution in [2.24, 2.45) is 5.73 Å². The lowest BCUT2D eigenvalue weighted by molar-refractivity contribution is 0.0638. The minimum Gasteiger partial charge on any atom is -0.444 e. The summed E-state index contributed by atoms with van der Waals surface area (Å²) in [5.41, 5.74) is 5.83. The first kappa shape index (κ1) is 12.0. The second kappa shape index (κ2) is 5.72. The van der Waals surface area contributed by atoms with Crippen molar-refractivity contribution in [1.82, 2.24) is 0 Å². The van der Waals surface area contributed by atoms with E-state index in [0.29, 0.717) is 6.42 Å². The number of aliphatic hydroxyl groups is 1. The first-order valence-corrected chi connectivity index (χ1v) is 5.23. The summed E-state index contributed by atoms with van der Waals surface area (Å²) >= 11 is 3.37. The molecule has 1 atom stereocenters. The highest BCUT2D eigenvalue weighted by Gasteiger charge is 2.13. The van der Waals surface area contributed by atoms with Gasteiger partial charge in [-0.15, -0.1) is 0 Å². The monoisotopic (exact) mass is 273 g/mol. The molecule has 1 aromatic rings. The molecule has 0 aliphatic heterocycles. The van der Waals surface area contributed by atoms with Crippen molar-refractivity contribution in [2.75, 3.05) is 6.61 Å². The van der Waals surface area contributed by atoms with E-state index in [9.17, 15) is 4.79 Å². The van der Waals surface area contributed by atoms with Crippen LogP contribution in [0.2, 0.25) is 0 Å². The quantitative estimate of drug-likeness (QED) is 0.872. The lowest BCUT2D eigenvalue weighted by Crippen LogP contribution is -2.27. The number of benzene rings is 1. The van der Waals surface area contributed by atoms with Gasteiger partial charge in [0, 0.05) is 10.9 Å². The van der Waals surface area contributed by atoms with Crippen LogP contribution in [0.15, 0.2) is 28.7 Å². The molecule has 0 saturated carbocycles. The lowest BCUT2D eigenvalue weighted by Gasteiger charge is -2.14. The van der Waals surface area contributed by atoms with Crippen LogP contribution in [0, 0.1) is 0 Å². The van der Waals surface area contributed by atoms with Crippen LogP contribution in [0.4, 0.5) is 4.79 Å². The molecule has 0 aliphatic carbocycles. The Hall–Kier alpha value is -1.07. The Morgan fingerprint density at radius 3 is 2.73 bits per heavy atom. The molecule has 82 valence electrons. The van der Waals surface area contributed by atoms with Gasteiger partial charge in [0.2, 0.25) is 0 Å². The number of carbonyl (C=O) groups is 1.